The SMILES string of the molecule is COc1ccc(C(O)c2cnccc2C)cc1OC. The number of methoxy groups -OCH3 is 2. The largest absolute Gasteiger partial charge is 0.493 e. The van der Waals surface area contributed by atoms with Crippen molar-refractivity contribution in [2.75, 3.05) is 14.2 Å². The van der Waals surface area contributed by atoms with Crippen molar-refractivity contribution >= 4 is 0 Å². The molecule has 2 rings (SSSR count). The van der Waals surface area contributed by atoms with Gasteiger partial charge in [0.05, 0.1) is 14.2 Å². The van der Waals surface area contributed by atoms with Gasteiger partial charge in [-0.15, -0.1) is 0 Å². The third kappa shape index (κ3) is 2.69. The van der Waals surface area contributed by atoms with Gasteiger partial charge in [-0.25, -0.2) is 0 Å². The second kappa shape index (κ2) is 5.71. The molecule has 1 unspecified atom stereocenters. The van der Waals surface area contributed by atoms with Crippen LogP contribution in [-0.4, -0.2) is 24.3 Å². The molecule has 0 aliphatic heterocycles. The monoisotopic (exact) mass is 259 g/mol. The molecule has 4 heteroatoms. The Balaban J connectivity index is 2.39. The van der Waals surface area contributed by atoms with Gasteiger partial charge in [-0.3, -0.25) is 4.98 Å². The standard InChI is InChI=1S/C15H17NO3/c1-10-6-7-16-9-12(10)15(17)11-4-5-13(18-2)14(8-11)19-3/h4-9,15,17H,1-3H3. The van der Waals surface area contributed by atoms with Crippen molar-refractivity contribution in [1.29, 1.82) is 0 Å². The third-order valence-corrected chi connectivity index (χ3v) is 3.10. The number of nitrogens with zero attached hydrogens (tertiary/aromatic N) is 1. The van der Waals surface area contributed by atoms with Crippen LogP contribution in [0.3, 0.4) is 0 Å². The second-order valence-electron chi connectivity index (χ2n) is 4.25. The maximum Gasteiger partial charge on any atom is 0.161 e. The highest BCUT2D eigenvalue weighted by Crippen LogP contribution is 2.32. The molecule has 0 fully saturated rings. The zero-order chi connectivity index (χ0) is 13.8. The zero-order valence-corrected chi connectivity index (χ0v) is 11.3. The Hall–Kier alpha value is -2.07. The first-order valence-corrected chi connectivity index (χ1v) is 5.98. The Bertz CT molecular complexity index is 569. The topological polar surface area (TPSA) is 51.6 Å². The number of aliphatic hydroxyl groups excluding tert-OH is 1. The first-order chi connectivity index (χ1) is 9.17. The van der Waals surface area contributed by atoms with Gasteiger partial charge in [-0.1, -0.05) is 6.07 Å². The highest BCUT2D eigenvalue weighted by Gasteiger charge is 2.15. The zero-order valence-electron chi connectivity index (χ0n) is 11.3. The third-order valence-electron chi connectivity index (χ3n) is 3.10. The van der Waals surface area contributed by atoms with E-state index in [9.17, 15) is 5.11 Å². The molecule has 0 saturated heterocycles. The van der Waals surface area contributed by atoms with Gasteiger partial charge in [0.15, 0.2) is 11.5 Å². The number of rotatable bonds is 4. The molecule has 0 bridgehead atoms. The summed E-state index contributed by atoms with van der Waals surface area (Å²) >= 11 is 0. The number of hydrogen-bond acceptors (Lipinski definition) is 4. The van der Waals surface area contributed by atoms with Crippen molar-refractivity contribution in [3.63, 3.8) is 0 Å². The number of pyridine rings is 1. The summed E-state index contributed by atoms with van der Waals surface area (Å²) in [5.41, 5.74) is 2.53. The molecule has 1 heterocycles. The Morgan fingerprint density at radius 3 is 2.47 bits per heavy atom. The van der Waals surface area contributed by atoms with Crippen LogP contribution in [0.2, 0.25) is 0 Å². The molecule has 2 aromatic rings. The van der Waals surface area contributed by atoms with Crippen LogP contribution in [0.4, 0.5) is 0 Å². The second-order valence-corrected chi connectivity index (χ2v) is 4.25. The predicted molar refractivity (Wildman–Crippen MR) is 72.6 cm³/mol. The van der Waals surface area contributed by atoms with E-state index < -0.39 is 6.10 Å². The molecule has 1 aromatic carbocycles. The first-order valence-electron chi connectivity index (χ1n) is 5.98. The van der Waals surface area contributed by atoms with Crippen LogP contribution in [0.5, 0.6) is 11.5 Å². The summed E-state index contributed by atoms with van der Waals surface area (Å²) in [6.07, 6.45) is 2.66. The van der Waals surface area contributed by atoms with Crippen LogP contribution in [-0.2, 0) is 0 Å². The molecular formula is C15H17NO3. The van der Waals surface area contributed by atoms with E-state index in [1.807, 2.05) is 19.1 Å². The smallest absolute Gasteiger partial charge is 0.161 e. The minimum absolute atomic E-state index is 0.598. The highest BCUT2D eigenvalue weighted by molar-refractivity contribution is 5.45. The maximum absolute atomic E-state index is 10.4. The van der Waals surface area contributed by atoms with Crippen LogP contribution < -0.4 is 9.47 Å². The van der Waals surface area contributed by atoms with Crippen LogP contribution in [0.15, 0.2) is 36.7 Å². The number of benzene rings is 1. The minimum atomic E-state index is -0.728. The summed E-state index contributed by atoms with van der Waals surface area (Å²) in [5, 5.41) is 10.4. The van der Waals surface area contributed by atoms with Crippen LogP contribution in [0.1, 0.15) is 22.8 Å². The van der Waals surface area contributed by atoms with E-state index in [2.05, 4.69) is 4.98 Å². The molecule has 1 aromatic heterocycles. The lowest BCUT2D eigenvalue weighted by Crippen LogP contribution is -2.03. The van der Waals surface area contributed by atoms with Gasteiger partial charge >= 0.3 is 0 Å². The fourth-order valence-corrected chi connectivity index (χ4v) is 1.96. The molecule has 1 N–H and O–H groups in total. The summed E-state index contributed by atoms with van der Waals surface area (Å²) in [4.78, 5) is 4.05. The number of aryl methyl sites for hydroxylation is 1. The Morgan fingerprint density at radius 1 is 1.11 bits per heavy atom. The van der Waals surface area contributed by atoms with Crippen molar-refractivity contribution in [1.82, 2.24) is 4.98 Å². The molecule has 100 valence electrons. The van der Waals surface area contributed by atoms with Gasteiger partial charge < -0.3 is 14.6 Å². The van der Waals surface area contributed by atoms with Gasteiger partial charge in [0.1, 0.15) is 6.10 Å². The molecule has 0 radical (unpaired) electrons. The fraction of sp³-hybridized carbons (Fsp3) is 0.267. The summed E-state index contributed by atoms with van der Waals surface area (Å²) in [6, 6.07) is 7.25. The van der Waals surface area contributed by atoms with Crippen molar-refractivity contribution in [3.8, 4) is 11.5 Å². The summed E-state index contributed by atoms with van der Waals surface area (Å²) in [5.74, 6) is 1.24. The van der Waals surface area contributed by atoms with Gasteiger partial charge in [0.25, 0.3) is 0 Å². The molecule has 0 aliphatic rings. The maximum atomic E-state index is 10.4. The van der Waals surface area contributed by atoms with E-state index in [0.29, 0.717) is 11.5 Å². The average Bonchev–Trinajstić information content (AvgIpc) is 2.46. The van der Waals surface area contributed by atoms with E-state index in [0.717, 1.165) is 16.7 Å². The number of ether oxygens (including phenoxy) is 2. The Labute approximate surface area is 112 Å². The van der Waals surface area contributed by atoms with E-state index in [1.165, 1.54) is 0 Å². The molecule has 19 heavy (non-hydrogen) atoms. The summed E-state index contributed by atoms with van der Waals surface area (Å²) in [6.45, 7) is 1.95. The lowest BCUT2D eigenvalue weighted by molar-refractivity contribution is 0.218. The normalized spacial score (nSPS) is 12.0. The quantitative estimate of drug-likeness (QED) is 0.916. The Morgan fingerprint density at radius 2 is 1.84 bits per heavy atom. The van der Waals surface area contributed by atoms with Crippen molar-refractivity contribution in [3.05, 3.63) is 53.3 Å². The molecular weight excluding hydrogens is 242 g/mol. The number of aliphatic hydroxyl groups is 1. The summed E-state index contributed by atoms with van der Waals surface area (Å²) in [7, 11) is 3.16. The molecule has 0 spiro atoms. The highest BCUT2D eigenvalue weighted by atomic mass is 16.5. The van der Waals surface area contributed by atoms with E-state index in [1.54, 1.807) is 38.7 Å². The van der Waals surface area contributed by atoms with E-state index in [4.69, 9.17) is 9.47 Å². The molecule has 0 aliphatic carbocycles. The van der Waals surface area contributed by atoms with Gasteiger partial charge in [0, 0.05) is 18.0 Å². The van der Waals surface area contributed by atoms with Gasteiger partial charge in [-0.05, 0) is 36.2 Å². The lowest BCUT2D eigenvalue weighted by Gasteiger charge is -2.15. The molecule has 4 nitrogen and oxygen atoms in total. The van der Waals surface area contributed by atoms with Gasteiger partial charge in [0.2, 0.25) is 0 Å². The molecule has 0 amide bonds. The van der Waals surface area contributed by atoms with Crippen molar-refractivity contribution in [2.24, 2.45) is 0 Å². The number of aromatic nitrogens is 1. The van der Waals surface area contributed by atoms with Crippen molar-refractivity contribution < 1.29 is 14.6 Å². The first kappa shape index (κ1) is 13.4. The summed E-state index contributed by atoms with van der Waals surface area (Å²) < 4.78 is 10.4. The lowest BCUT2D eigenvalue weighted by atomic mass is 9.99. The van der Waals surface area contributed by atoms with Crippen molar-refractivity contribution in [2.45, 2.75) is 13.0 Å². The fourth-order valence-electron chi connectivity index (χ4n) is 1.96. The Kier molecular flexibility index (Phi) is 4.02. The number of hydrogen-bond donors (Lipinski definition) is 1. The molecule has 0 saturated carbocycles. The van der Waals surface area contributed by atoms with Crippen LogP contribution in [0.25, 0.3) is 0 Å². The predicted octanol–water partition coefficient (Wildman–Crippen LogP) is 2.49. The van der Waals surface area contributed by atoms with E-state index >= 15 is 0 Å². The van der Waals surface area contributed by atoms with Crippen LogP contribution >= 0.6 is 0 Å². The van der Waals surface area contributed by atoms with Gasteiger partial charge in [-0.2, -0.15) is 0 Å². The van der Waals surface area contributed by atoms with E-state index in [-0.39, 0.29) is 0 Å². The van der Waals surface area contributed by atoms with Crippen LogP contribution in [0, 0.1) is 6.92 Å². The molecule has 1 atom stereocenters. The average molecular weight is 259 g/mol. The minimum Gasteiger partial charge on any atom is -0.493 e.